The van der Waals surface area contributed by atoms with Crippen LogP contribution in [-0.2, 0) is 13.0 Å². The van der Waals surface area contributed by atoms with Crippen LogP contribution >= 0.6 is 0 Å². The molecule has 2 aromatic rings. The summed E-state index contributed by atoms with van der Waals surface area (Å²) in [6.45, 7) is 28.9. The lowest BCUT2D eigenvalue weighted by molar-refractivity contribution is -0.0693. The third kappa shape index (κ3) is 6.67. The van der Waals surface area contributed by atoms with E-state index in [0.29, 0.717) is 18.5 Å². The fourth-order valence-electron chi connectivity index (χ4n) is 6.46. The molecule has 4 rings (SSSR count). The van der Waals surface area contributed by atoms with Crippen molar-refractivity contribution in [1.82, 2.24) is 14.9 Å². The van der Waals surface area contributed by atoms with Gasteiger partial charge in [0.05, 0.1) is 24.3 Å². The van der Waals surface area contributed by atoms with Gasteiger partial charge >= 0.3 is 6.01 Å². The normalized spacial score (nSPS) is 17.9. The van der Waals surface area contributed by atoms with Crippen molar-refractivity contribution in [3.63, 3.8) is 0 Å². The number of hydrogen-bond acceptors (Lipinski definition) is 6. The highest BCUT2D eigenvalue weighted by atomic mass is 16.5. The Morgan fingerprint density at radius 1 is 1.14 bits per heavy atom. The molecule has 0 radical (unpaired) electrons. The number of ether oxygens (including phenoxy) is 1. The summed E-state index contributed by atoms with van der Waals surface area (Å²) < 4.78 is 6.28. The molecular weight excluding hydrogens is 534 g/mol. The first-order chi connectivity index (χ1) is 20.2. The molecule has 0 spiro atoms. The van der Waals surface area contributed by atoms with Crippen LogP contribution in [0.25, 0.3) is 16.5 Å². The fraction of sp³-hybridized carbons (Fsp3) is 0.568. The van der Waals surface area contributed by atoms with Crippen LogP contribution in [-0.4, -0.2) is 56.9 Å². The van der Waals surface area contributed by atoms with E-state index in [1.807, 2.05) is 20.0 Å². The summed E-state index contributed by atoms with van der Waals surface area (Å²) >= 11 is 0. The zero-order valence-electron chi connectivity index (χ0n) is 28.2. The molecule has 0 unspecified atom stereocenters. The number of nitrogens with zero attached hydrogens (tertiary/aromatic N) is 3. The summed E-state index contributed by atoms with van der Waals surface area (Å²) in [5.74, 6) is 0.329. The highest BCUT2D eigenvalue weighted by Gasteiger charge is 2.48. The van der Waals surface area contributed by atoms with Gasteiger partial charge in [-0.1, -0.05) is 30.7 Å². The Bertz CT molecular complexity index is 1490. The first-order valence-corrected chi connectivity index (χ1v) is 15.9. The molecule has 6 nitrogen and oxygen atoms in total. The maximum Gasteiger partial charge on any atom is 0.316 e. The largest absolute Gasteiger partial charge is 0.463 e. The molecule has 234 valence electrons. The van der Waals surface area contributed by atoms with Crippen LogP contribution in [0.4, 0.5) is 0 Å². The van der Waals surface area contributed by atoms with Crippen molar-refractivity contribution in [3.05, 3.63) is 69.0 Å². The van der Waals surface area contributed by atoms with Gasteiger partial charge in [-0.3, -0.25) is 0 Å². The zero-order valence-corrected chi connectivity index (χ0v) is 28.2. The molecule has 1 saturated carbocycles. The lowest BCUT2D eigenvalue weighted by Crippen LogP contribution is -2.57. The van der Waals surface area contributed by atoms with E-state index in [4.69, 9.17) is 9.72 Å². The Hall–Kier alpha value is -2.80. The van der Waals surface area contributed by atoms with Crippen molar-refractivity contribution in [1.29, 1.82) is 0 Å². The number of likely N-dealkylation sites (tertiary alicyclic amines) is 1. The number of benzene rings is 1. The summed E-state index contributed by atoms with van der Waals surface area (Å²) in [6.07, 6.45) is 6.98. The SMILES string of the molecule is C=C(/C(C(C)=C(C)C)=C(C)\C(C)=C/C)c1c(CC)c(CO)c2cnc(OCC3(CN4CC(C(C)(C)O)C4)CC3)nc2c1C. The second kappa shape index (κ2) is 12.7. The van der Waals surface area contributed by atoms with E-state index >= 15 is 0 Å². The minimum Gasteiger partial charge on any atom is -0.463 e. The van der Waals surface area contributed by atoms with Gasteiger partial charge in [0, 0.05) is 42.6 Å². The minimum atomic E-state index is -0.624. The number of allylic oxidation sites excluding steroid dienone is 7. The zero-order chi connectivity index (χ0) is 31.9. The number of rotatable bonds is 12. The molecule has 1 aromatic heterocycles. The van der Waals surface area contributed by atoms with Crippen molar-refractivity contribution >= 4 is 16.5 Å². The van der Waals surface area contributed by atoms with Crippen molar-refractivity contribution in [2.45, 2.75) is 101 Å². The Balaban J connectivity index is 1.70. The fourth-order valence-corrected chi connectivity index (χ4v) is 6.46. The topological polar surface area (TPSA) is 78.7 Å². The van der Waals surface area contributed by atoms with E-state index in [-0.39, 0.29) is 12.0 Å². The predicted octanol–water partition coefficient (Wildman–Crippen LogP) is 7.51. The molecule has 2 N–H and O–H groups in total. The number of aromatic nitrogens is 2. The molecule has 1 aliphatic carbocycles. The second-order valence-electron chi connectivity index (χ2n) is 13.8. The van der Waals surface area contributed by atoms with Crippen molar-refractivity contribution in [2.75, 3.05) is 26.2 Å². The predicted molar refractivity (Wildman–Crippen MR) is 178 cm³/mol. The van der Waals surface area contributed by atoms with Gasteiger partial charge < -0.3 is 19.8 Å². The quantitative estimate of drug-likeness (QED) is 0.250. The van der Waals surface area contributed by atoms with Gasteiger partial charge in [0.2, 0.25) is 0 Å². The van der Waals surface area contributed by atoms with Gasteiger partial charge in [0.15, 0.2) is 0 Å². The van der Waals surface area contributed by atoms with Crippen LogP contribution < -0.4 is 4.74 Å². The molecule has 2 heterocycles. The molecule has 43 heavy (non-hydrogen) atoms. The van der Waals surface area contributed by atoms with Gasteiger partial charge in [-0.25, -0.2) is 4.98 Å². The second-order valence-corrected chi connectivity index (χ2v) is 13.8. The highest BCUT2D eigenvalue weighted by molar-refractivity contribution is 5.96. The molecule has 6 heteroatoms. The molecule has 2 aliphatic rings. The number of fused-ring (bicyclic) bond motifs is 1. The van der Waals surface area contributed by atoms with E-state index in [0.717, 1.165) is 83.2 Å². The van der Waals surface area contributed by atoms with E-state index < -0.39 is 5.60 Å². The maximum absolute atomic E-state index is 10.6. The maximum atomic E-state index is 10.6. The van der Waals surface area contributed by atoms with Gasteiger partial charge in [-0.05, 0) is 126 Å². The average Bonchev–Trinajstić information content (AvgIpc) is 3.71. The first kappa shape index (κ1) is 33.1. The Labute approximate surface area is 259 Å². The van der Waals surface area contributed by atoms with Crippen molar-refractivity contribution in [3.8, 4) is 6.01 Å². The number of aliphatic hydroxyl groups excluding tert-OH is 1. The monoisotopic (exact) mass is 587 g/mol. The first-order valence-electron chi connectivity index (χ1n) is 15.9. The molecule has 1 aliphatic heterocycles. The number of aliphatic hydroxyl groups is 2. The number of aryl methyl sites for hydroxylation is 1. The van der Waals surface area contributed by atoms with E-state index in [1.165, 1.54) is 22.3 Å². The van der Waals surface area contributed by atoms with Crippen LogP contribution in [0.15, 0.2) is 46.7 Å². The Kier molecular flexibility index (Phi) is 9.75. The van der Waals surface area contributed by atoms with Gasteiger partial charge in [-0.15, -0.1) is 0 Å². The van der Waals surface area contributed by atoms with Crippen molar-refractivity contribution in [2.24, 2.45) is 11.3 Å². The van der Waals surface area contributed by atoms with Crippen LogP contribution in [0, 0.1) is 18.3 Å². The van der Waals surface area contributed by atoms with E-state index in [2.05, 4.69) is 77.9 Å². The van der Waals surface area contributed by atoms with Gasteiger partial charge in [0.1, 0.15) is 0 Å². The lowest BCUT2D eigenvalue weighted by Gasteiger charge is -2.46. The van der Waals surface area contributed by atoms with E-state index in [9.17, 15) is 10.2 Å². The van der Waals surface area contributed by atoms with Crippen LogP contribution in [0.2, 0.25) is 0 Å². The molecule has 0 bridgehead atoms. The third-order valence-corrected chi connectivity index (χ3v) is 10.1. The number of hydrogen-bond donors (Lipinski definition) is 2. The van der Waals surface area contributed by atoms with Crippen LogP contribution in [0.1, 0.15) is 97.4 Å². The Morgan fingerprint density at radius 3 is 2.30 bits per heavy atom. The standard InChI is InChI=1S/C37H53N3O3/c1-12-23(5)25(7)32(24(6)22(3)4)26(8)33-27(9)34-30(31(19-41)29(33)13-2)16-38-35(39-34)43-21-37(14-15-37)20-40-17-28(18-40)36(10,11)42/h12,16,28,41-42H,8,13-15,17-21H2,1-7,9-11H3/b23-12-,32-25-. The average molecular weight is 588 g/mol. The minimum absolute atomic E-state index is 0.0953. The summed E-state index contributed by atoms with van der Waals surface area (Å²) in [6, 6.07) is 0.377. The summed E-state index contributed by atoms with van der Waals surface area (Å²) in [4.78, 5) is 12.0. The lowest BCUT2D eigenvalue weighted by atomic mass is 9.80. The van der Waals surface area contributed by atoms with Crippen LogP contribution in [0.5, 0.6) is 6.01 Å². The van der Waals surface area contributed by atoms with E-state index in [1.54, 1.807) is 0 Å². The van der Waals surface area contributed by atoms with Gasteiger partial charge in [0.25, 0.3) is 0 Å². The summed E-state index contributed by atoms with van der Waals surface area (Å²) in [7, 11) is 0. The highest BCUT2D eigenvalue weighted by Crippen LogP contribution is 2.48. The van der Waals surface area contributed by atoms with Gasteiger partial charge in [-0.2, -0.15) is 4.98 Å². The molecular formula is C37H53N3O3. The molecule has 0 atom stereocenters. The summed E-state index contributed by atoms with van der Waals surface area (Å²) in [5, 5.41) is 21.8. The Morgan fingerprint density at radius 2 is 1.79 bits per heavy atom. The molecule has 1 aromatic carbocycles. The molecule has 2 fully saturated rings. The smallest absolute Gasteiger partial charge is 0.316 e. The molecule has 0 amide bonds. The van der Waals surface area contributed by atoms with Crippen molar-refractivity contribution < 1.29 is 14.9 Å². The summed E-state index contributed by atoms with van der Waals surface area (Å²) in [5.41, 5.74) is 11.3. The third-order valence-electron chi connectivity index (χ3n) is 10.1. The van der Waals surface area contributed by atoms with Crippen LogP contribution in [0.3, 0.4) is 0 Å². The molecule has 1 saturated heterocycles.